The normalized spacial score (nSPS) is 15.8. The highest BCUT2D eigenvalue weighted by Gasteiger charge is 2.21. The SMILES string of the molecule is C=Cc1cc2c3c(ccc4cccc(c43)n2-c2ccc(C3C=C(C#N)C=C(C#N)C3)cc2)c1O. The first kappa shape index (κ1) is 19.9. The number of benzene rings is 4. The molecular formula is C30H19N3O. The minimum absolute atomic E-state index is 0.00435. The van der Waals surface area contributed by atoms with Crippen LogP contribution >= 0.6 is 0 Å². The van der Waals surface area contributed by atoms with Gasteiger partial charge in [-0.05, 0) is 53.8 Å². The number of phenols is 1. The van der Waals surface area contributed by atoms with Crippen molar-refractivity contribution in [2.75, 3.05) is 0 Å². The van der Waals surface area contributed by atoms with Gasteiger partial charge in [0.25, 0.3) is 0 Å². The van der Waals surface area contributed by atoms with Gasteiger partial charge in [0.1, 0.15) is 5.75 Å². The van der Waals surface area contributed by atoms with E-state index in [1.807, 2.05) is 24.3 Å². The Morgan fingerprint density at radius 2 is 1.79 bits per heavy atom. The second-order valence-electron chi connectivity index (χ2n) is 8.65. The number of rotatable bonds is 3. The molecule has 0 saturated carbocycles. The Labute approximate surface area is 196 Å². The molecule has 0 fully saturated rings. The largest absolute Gasteiger partial charge is 0.507 e. The summed E-state index contributed by atoms with van der Waals surface area (Å²) in [5, 5.41) is 33.7. The molecule has 0 amide bonds. The molecule has 4 nitrogen and oxygen atoms in total. The van der Waals surface area contributed by atoms with Gasteiger partial charge < -0.3 is 9.67 Å². The molecule has 1 unspecified atom stereocenters. The van der Waals surface area contributed by atoms with Crippen LogP contribution in [0, 0.1) is 22.7 Å². The highest BCUT2D eigenvalue weighted by atomic mass is 16.3. The van der Waals surface area contributed by atoms with Crippen molar-refractivity contribution < 1.29 is 5.11 Å². The highest BCUT2D eigenvalue weighted by Crippen LogP contribution is 2.43. The molecule has 6 rings (SSSR count). The molecule has 4 aromatic carbocycles. The van der Waals surface area contributed by atoms with Crippen LogP contribution in [-0.2, 0) is 0 Å². The first-order valence-electron chi connectivity index (χ1n) is 11.1. The molecule has 0 spiro atoms. The molecule has 0 radical (unpaired) electrons. The second kappa shape index (κ2) is 7.37. The first-order valence-corrected chi connectivity index (χ1v) is 11.1. The summed E-state index contributed by atoms with van der Waals surface area (Å²) in [5.41, 5.74) is 6.01. The van der Waals surface area contributed by atoms with Crippen molar-refractivity contribution in [1.29, 1.82) is 10.5 Å². The van der Waals surface area contributed by atoms with Gasteiger partial charge in [0, 0.05) is 44.5 Å². The van der Waals surface area contributed by atoms with E-state index < -0.39 is 0 Å². The lowest BCUT2D eigenvalue weighted by Gasteiger charge is -2.18. The van der Waals surface area contributed by atoms with Crippen LogP contribution < -0.4 is 0 Å². The third-order valence-corrected chi connectivity index (χ3v) is 6.80. The summed E-state index contributed by atoms with van der Waals surface area (Å²) in [5.74, 6) is 0.247. The van der Waals surface area contributed by atoms with Crippen molar-refractivity contribution in [2.45, 2.75) is 12.3 Å². The maximum Gasteiger partial charge on any atom is 0.130 e. The predicted octanol–water partition coefficient (Wildman–Crippen LogP) is 7.11. The van der Waals surface area contributed by atoms with Gasteiger partial charge in [-0.15, -0.1) is 0 Å². The van der Waals surface area contributed by atoms with Crippen molar-refractivity contribution in [3.63, 3.8) is 0 Å². The molecule has 0 saturated heterocycles. The van der Waals surface area contributed by atoms with E-state index in [1.165, 1.54) is 0 Å². The fourth-order valence-electron chi connectivity index (χ4n) is 5.23. The Bertz CT molecular complexity index is 1770. The number of hydrogen-bond acceptors (Lipinski definition) is 3. The molecule has 1 aliphatic carbocycles. The summed E-state index contributed by atoms with van der Waals surface area (Å²) in [6.07, 6.45) is 5.88. The molecule has 1 N–H and O–H groups in total. The van der Waals surface area contributed by atoms with Gasteiger partial charge in [-0.2, -0.15) is 10.5 Å². The summed E-state index contributed by atoms with van der Waals surface area (Å²) in [4.78, 5) is 0. The van der Waals surface area contributed by atoms with E-state index in [-0.39, 0.29) is 11.7 Å². The van der Waals surface area contributed by atoms with E-state index in [1.54, 1.807) is 12.2 Å². The van der Waals surface area contributed by atoms with E-state index in [4.69, 9.17) is 0 Å². The van der Waals surface area contributed by atoms with Gasteiger partial charge in [-0.3, -0.25) is 0 Å². The second-order valence-corrected chi connectivity index (χ2v) is 8.65. The number of aromatic nitrogens is 1. The van der Waals surface area contributed by atoms with Crippen molar-refractivity contribution in [2.24, 2.45) is 0 Å². The molecular weight excluding hydrogens is 418 g/mol. The number of nitrogens with zero attached hydrogens (tertiary/aromatic N) is 3. The summed E-state index contributed by atoms with van der Waals surface area (Å²) in [6.45, 7) is 3.89. The van der Waals surface area contributed by atoms with E-state index >= 15 is 0 Å². The predicted molar refractivity (Wildman–Crippen MR) is 136 cm³/mol. The number of allylic oxidation sites excluding steroid dienone is 4. The van der Waals surface area contributed by atoms with Gasteiger partial charge in [0.05, 0.1) is 23.2 Å². The van der Waals surface area contributed by atoms with Gasteiger partial charge >= 0.3 is 0 Å². The van der Waals surface area contributed by atoms with Crippen LogP contribution in [0.3, 0.4) is 0 Å². The molecule has 1 aliphatic rings. The van der Waals surface area contributed by atoms with E-state index in [2.05, 4.69) is 65.7 Å². The zero-order chi connectivity index (χ0) is 23.4. The molecule has 1 atom stereocenters. The van der Waals surface area contributed by atoms with Gasteiger partial charge in [0.15, 0.2) is 0 Å². The van der Waals surface area contributed by atoms with Gasteiger partial charge in [0.2, 0.25) is 0 Å². The molecule has 0 aliphatic heterocycles. The Balaban J connectivity index is 1.55. The zero-order valence-corrected chi connectivity index (χ0v) is 18.3. The molecule has 0 bridgehead atoms. The lowest BCUT2D eigenvalue weighted by atomic mass is 9.86. The van der Waals surface area contributed by atoms with E-state index in [9.17, 15) is 15.6 Å². The number of nitriles is 2. The molecule has 4 heteroatoms. The lowest BCUT2D eigenvalue weighted by molar-refractivity contribution is 0.480. The minimum Gasteiger partial charge on any atom is -0.507 e. The summed E-state index contributed by atoms with van der Waals surface area (Å²) >= 11 is 0. The van der Waals surface area contributed by atoms with Crippen molar-refractivity contribution in [3.8, 4) is 23.6 Å². The topological polar surface area (TPSA) is 72.7 Å². The Morgan fingerprint density at radius 3 is 2.53 bits per heavy atom. The van der Waals surface area contributed by atoms with Crippen LogP contribution in [0.2, 0.25) is 0 Å². The zero-order valence-electron chi connectivity index (χ0n) is 18.3. The molecule has 34 heavy (non-hydrogen) atoms. The number of phenolic OH excluding ortho intramolecular Hbond substituents is 1. The average molecular weight is 438 g/mol. The summed E-state index contributed by atoms with van der Waals surface area (Å²) < 4.78 is 2.22. The van der Waals surface area contributed by atoms with Crippen LogP contribution in [0.15, 0.2) is 90.5 Å². The Morgan fingerprint density at radius 1 is 0.971 bits per heavy atom. The number of aromatic hydroxyl groups is 1. The Hall–Kier alpha value is -4.80. The van der Waals surface area contributed by atoms with Crippen molar-refractivity contribution >= 4 is 38.7 Å². The minimum atomic E-state index is -0.00435. The van der Waals surface area contributed by atoms with Crippen LogP contribution in [0.25, 0.3) is 44.3 Å². The maximum atomic E-state index is 10.8. The maximum absolute atomic E-state index is 10.8. The lowest BCUT2D eigenvalue weighted by Crippen LogP contribution is -2.03. The molecule has 160 valence electrons. The molecule has 1 heterocycles. The molecule has 5 aromatic rings. The quantitative estimate of drug-likeness (QED) is 0.306. The third kappa shape index (κ3) is 2.76. The molecule has 1 aromatic heterocycles. The third-order valence-electron chi connectivity index (χ3n) is 6.80. The van der Waals surface area contributed by atoms with E-state index in [0.717, 1.165) is 43.8 Å². The summed E-state index contributed by atoms with van der Waals surface area (Å²) in [6, 6.07) is 24.9. The fraction of sp³-hybridized carbons (Fsp3) is 0.0667. The van der Waals surface area contributed by atoms with Crippen molar-refractivity contribution in [1.82, 2.24) is 4.57 Å². The van der Waals surface area contributed by atoms with Crippen LogP contribution in [-0.4, -0.2) is 9.67 Å². The van der Waals surface area contributed by atoms with Gasteiger partial charge in [-0.1, -0.05) is 49.1 Å². The monoisotopic (exact) mass is 437 g/mol. The van der Waals surface area contributed by atoms with Crippen molar-refractivity contribution in [3.05, 3.63) is 102 Å². The van der Waals surface area contributed by atoms with Crippen LogP contribution in [0.4, 0.5) is 0 Å². The standard InChI is InChI=1S/C30H19N3O/c1-2-20-15-27-29-25(30(20)34)11-8-22-4-3-5-26(28(22)29)33(27)24-9-6-21(7-10-24)23-13-18(16-31)12-19(14-23)17-32/h2-13,15,23,34H,1,14H2. The Kier molecular flexibility index (Phi) is 4.30. The number of hydrogen-bond donors (Lipinski definition) is 1. The van der Waals surface area contributed by atoms with E-state index in [0.29, 0.717) is 23.1 Å². The van der Waals surface area contributed by atoms with Crippen LogP contribution in [0.5, 0.6) is 5.75 Å². The summed E-state index contributed by atoms with van der Waals surface area (Å²) in [7, 11) is 0. The fourth-order valence-corrected chi connectivity index (χ4v) is 5.23. The van der Waals surface area contributed by atoms with Crippen LogP contribution in [0.1, 0.15) is 23.5 Å². The first-order chi connectivity index (χ1) is 16.6. The smallest absolute Gasteiger partial charge is 0.130 e. The average Bonchev–Trinajstić information content (AvgIpc) is 3.22. The highest BCUT2D eigenvalue weighted by molar-refractivity contribution is 6.25. The van der Waals surface area contributed by atoms with Gasteiger partial charge in [-0.25, -0.2) is 0 Å².